The summed E-state index contributed by atoms with van der Waals surface area (Å²) < 4.78 is 0.677. The highest BCUT2D eigenvalue weighted by atomic mass is 32.1. The standard InChI is InChI=1S/C25H23N7O2S/c1-13-4-6-15-16(8-9-27-20(15)22(33)14-5-7-18(28-10-14)32(2)3)19(13)31-25(34)17-11-35-23-21(17)29-12-30-24(23)26/h4-12,22,33H,1-3H3,(H,31,34)(H2,26,29,30). The summed E-state index contributed by atoms with van der Waals surface area (Å²) in [4.78, 5) is 32.2. The number of aromatic nitrogens is 4. The lowest BCUT2D eigenvalue weighted by molar-refractivity contribution is 0.102. The number of nitrogens with two attached hydrogens (primary N) is 1. The van der Waals surface area contributed by atoms with E-state index < -0.39 is 6.10 Å². The molecule has 5 rings (SSSR count). The Kier molecular flexibility index (Phi) is 5.75. The van der Waals surface area contributed by atoms with Crippen molar-refractivity contribution in [3.8, 4) is 0 Å². The number of nitrogens with one attached hydrogen (secondary N) is 1. The first kappa shape index (κ1) is 22.6. The minimum Gasteiger partial charge on any atom is -0.382 e. The van der Waals surface area contributed by atoms with Gasteiger partial charge in [0.15, 0.2) is 0 Å². The number of carbonyl (C=O) groups excluding carboxylic acids is 1. The highest BCUT2D eigenvalue weighted by molar-refractivity contribution is 7.18. The number of aliphatic hydroxyl groups is 1. The normalized spacial score (nSPS) is 12.1. The second kappa shape index (κ2) is 8.90. The predicted octanol–water partition coefficient (Wildman–Crippen LogP) is 3.93. The number of nitrogen functional groups attached to an aromatic ring is 1. The molecule has 4 heterocycles. The zero-order chi connectivity index (χ0) is 24.7. The molecule has 5 aromatic rings. The molecule has 176 valence electrons. The molecule has 0 saturated carbocycles. The van der Waals surface area contributed by atoms with E-state index in [2.05, 4.69) is 25.3 Å². The number of pyridine rings is 2. The van der Waals surface area contributed by atoms with Gasteiger partial charge in [0.1, 0.15) is 24.1 Å². The zero-order valence-electron chi connectivity index (χ0n) is 19.4. The molecule has 1 atom stereocenters. The molecule has 4 aromatic heterocycles. The van der Waals surface area contributed by atoms with Crippen LogP contribution in [0.2, 0.25) is 0 Å². The number of aryl methyl sites for hydroxylation is 1. The van der Waals surface area contributed by atoms with E-state index in [-0.39, 0.29) is 5.91 Å². The number of aliphatic hydroxyl groups excluding tert-OH is 1. The average molecular weight is 486 g/mol. The Morgan fingerprint density at radius 1 is 1.09 bits per heavy atom. The lowest BCUT2D eigenvalue weighted by Crippen LogP contribution is -2.14. The lowest BCUT2D eigenvalue weighted by atomic mass is 9.99. The summed E-state index contributed by atoms with van der Waals surface area (Å²) in [5.74, 6) is 0.839. The largest absolute Gasteiger partial charge is 0.382 e. The molecule has 9 nitrogen and oxygen atoms in total. The Morgan fingerprint density at radius 3 is 2.66 bits per heavy atom. The van der Waals surface area contributed by atoms with Crippen LogP contribution in [0.4, 0.5) is 17.3 Å². The fraction of sp³-hybridized carbons (Fsp3) is 0.160. The van der Waals surface area contributed by atoms with Crippen molar-refractivity contribution < 1.29 is 9.90 Å². The number of rotatable bonds is 5. The number of thiophene rings is 1. The number of hydrogen-bond acceptors (Lipinski definition) is 9. The fourth-order valence-corrected chi connectivity index (χ4v) is 4.87. The van der Waals surface area contributed by atoms with Gasteiger partial charge >= 0.3 is 0 Å². The molecular formula is C25H23N7O2S. The molecule has 0 aliphatic heterocycles. The van der Waals surface area contributed by atoms with E-state index in [1.807, 2.05) is 56.3 Å². The molecule has 10 heteroatoms. The van der Waals surface area contributed by atoms with Crippen LogP contribution in [0.3, 0.4) is 0 Å². The smallest absolute Gasteiger partial charge is 0.258 e. The van der Waals surface area contributed by atoms with Crippen molar-refractivity contribution >= 4 is 55.6 Å². The summed E-state index contributed by atoms with van der Waals surface area (Å²) >= 11 is 1.33. The highest BCUT2D eigenvalue weighted by Crippen LogP contribution is 2.34. The third-order valence-electron chi connectivity index (χ3n) is 5.85. The summed E-state index contributed by atoms with van der Waals surface area (Å²) in [5, 5.41) is 17.4. The summed E-state index contributed by atoms with van der Waals surface area (Å²) in [6.07, 6.45) is 3.65. The Labute approximate surface area is 205 Å². The van der Waals surface area contributed by atoms with Crippen molar-refractivity contribution in [3.05, 3.63) is 76.8 Å². The van der Waals surface area contributed by atoms with Gasteiger partial charge in [-0.25, -0.2) is 15.0 Å². The Morgan fingerprint density at radius 2 is 1.91 bits per heavy atom. The number of carbonyl (C=O) groups is 1. The van der Waals surface area contributed by atoms with Crippen LogP contribution in [-0.2, 0) is 0 Å². The van der Waals surface area contributed by atoms with Crippen LogP contribution < -0.4 is 16.0 Å². The minimum atomic E-state index is -0.978. The van der Waals surface area contributed by atoms with E-state index >= 15 is 0 Å². The topological polar surface area (TPSA) is 130 Å². The maximum Gasteiger partial charge on any atom is 0.258 e. The molecule has 1 aromatic carbocycles. The van der Waals surface area contributed by atoms with Gasteiger partial charge in [0.05, 0.1) is 27.2 Å². The van der Waals surface area contributed by atoms with Crippen LogP contribution >= 0.6 is 11.3 Å². The van der Waals surface area contributed by atoms with Crippen LogP contribution in [0.1, 0.15) is 33.3 Å². The second-order valence-corrected chi connectivity index (χ2v) is 9.22. The maximum absolute atomic E-state index is 13.2. The minimum absolute atomic E-state index is 0.299. The van der Waals surface area contributed by atoms with E-state index in [1.165, 1.54) is 17.7 Å². The molecule has 0 saturated heterocycles. The second-order valence-electron chi connectivity index (χ2n) is 8.34. The SMILES string of the molecule is Cc1ccc2c(C(O)c3ccc(N(C)C)nc3)nccc2c1NC(=O)c1csc2c(N)ncnc12. The molecule has 0 aliphatic carbocycles. The first-order chi connectivity index (χ1) is 16.8. The summed E-state index contributed by atoms with van der Waals surface area (Å²) in [6, 6.07) is 9.31. The van der Waals surface area contributed by atoms with Gasteiger partial charge in [-0.15, -0.1) is 11.3 Å². The van der Waals surface area contributed by atoms with Gasteiger partial charge in [-0.05, 0) is 24.6 Å². The van der Waals surface area contributed by atoms with Crippen LogP contribution in [0, 0.1) is 6.92 Å². The third-order valence-corrected chi connectivity index (χ3v) is 6.84. The van der Waals surface area contributed by atoms with E-state index in [4.69, 9.17) is 5.73 Å². The number of hydrogen-bond donors (Lipinski definition) is 3. The van der Waals surface area contributed by atoms with Crippen molar-refractivity contribution in [1.29, 1.82) is 0 Å². The summed E-state index contributed by atoms with van der Waals surface area (Å²) in [5.41, 5.74) is 9.51. The van der Waals surface area contributed by atoms with Crippen molar-refractivity contribution in [2.24, 2.45) is 0 Å². The molecule has 0 radical (unpaired) electrons. The molecule has 0 aliphatic rings. The van der Waals surface area contributed by atoms with Crippen molar-refractivity contribution in [3.63, 3.8) is 0 Å². The zero-order valence-corrected chi connectivity index (χ0v) is 20.2. The fourth-order valence-electron chi connectivity index (χ4n) is 3.96. The molecule has 1 unspecified atom stereocenters. The quantitative estimate of drug-likeness (QED) is 0.341. The summed E-state index contributed by atoms with van der Waals surface area (Å²) in [7, 11) is 3.81. The Bertz CT molecular complexity index is 1560. The molecule has 0 fully saturated rings. The molecule has 1 amide bonds. The van der Waals surface area contributed by atoms with Crippen LogP contribution in [0.15, 0.2) is 54.4 Å². The van der Waals surface area contributed by atoms with Crippen LogP contribution in [0.25, 0.3) is 21.0 Å². The van der Waals surface area contributed by atoms with Gasteiger partial charge in [-0.2, -0.15) is 0 Å². The Balaban J connectivity index is 1.53. The van der Waals surface area contributed by atoms with Gasteiger partial charge in [0, 0.05) is 48.2 Å². The molecular weight excluding hydrogens is 462 g/mol. The van der Waals surface area contributed by atoms with Gasteiger partial charge in [0.25, 0.3) is 5.91 Å². The predicted molar refractivity (Wildman–Crippen MR) is 139 cm³/mol. The number of anilines is 3. The van der Waals surface area contributed by atoms with E-state index in [0.29, 0.717) is 38.5 Å². The molecule has 35 heavy (non-hydrogen) atoms. The molecule has 4 N–H and O–H groups in total. The van der Waals surface area contributed by atoms with Crippen LogP contribution in [0.5, 0.6) is 0 Å². The first-order valence-electron chi connectivity index (χ1n) is 10.8. The lowest BCUT2D eigenvalue weighted by Gasteiger charge is -2.17. The van der Waals surface area contributed by atoms with Gasteiger partial charge in [-0.1, -0.05) is 18.2 Å². The van der Waals surface area contributed by atoms with E-state index in [9.17, 15) is 9.90 Å². The van der Waals surface area contributed by atoms with Crippen molar-refractivity contribution in [1.82, 2.24) is 19.9 Å². The van der Waals surface area contributed by atoms with Gasteiger partial charge < -0.3 is 21.1 Å². The average Bonchev–Trinajstić information content (AvgIpc) is 3.30. The third kappa shape index (κ3) is 4.02. The van der Waals surface area contributed by atoms with E-state index in [0.717, 1.165) is 22.2 Å². The van der Waals surface area contributed by atoms with Gasteiger partial charge in [-0.3, -0.25) is 9.78 Å². The van der Waals surface area contributed by atoms with Crippen molar-refractivity contribution in [2.45, 2.75) is 13.0 Å². The number of nitrogens with zero attached hydrogens (tertiary/aromatic N) is 5. The van der Waals surface area contributed by atoms with Crippen LogP contribution in [-0.4, -0.2) is 45.0 Å². The molecule has 0 spiro atoms. The maximum atomic E-state index is 13.2. The molecule has 0 bridgehead atoms. The number of benzene rings is 1. The van der Waals surface area contributed by atoms with E-state index in [1.54, 1.807) is 17.8 Å². The number of fused-ring (bicyclic) bond motifs is 2. The Hall–Kier alpha value is -4.15. The monoisotopic (exact) mass is 485 g/mol. The summed E-state index contributed by atoms with van der Waals surface area (Å²) in [6.45, 7) is 1.92. The van der Waals surface area contributed by atoms with Gasteiger partial charge in [0.2, 0.25) is 0 Å². The van der Waals surface area contributed by atoms with Crippen molar-refractivity contribution in [2.75, 3.05) is 30.0 Å². The first-order valence-corrected chi connectivity index (χ1v) is 11.7. The highest BCUT2D eigenvalue weighted by Gasteiger charge is 2.20. The number of amides is 1.